The summed E-state index contributed by atoms with van der Waals surface area (Å²) in [5.41, 5.74) is -0.117. The number of Topliss-reactive ketones (excluding diaryl/α,β-unsaturated/α-hetero) is 1. The van der Waals surface area contributed by atoms with Crippen LogP contribution in [0.5, 0.6) is 11.5 Å². The van der Waals surface area contributed by atoms with Crippen LogP contribution in [-0.2, 0) is 15.7 Å². The van der Waals surface area contributed by atoms with Crippen molar-refractivity contribution >= 4 is 16.7 Å². The van der Waals surface area contributed by atoms with Gasteiger partial charge in [-0.15, -0.1) is 26.3 Å². The summed E-state index contributed by atoms with van der Waals surface area (Å²) in [7, 11) is -0.514. The van der Waals surface area contributed by atoms with Crippen LogP contribution < -0.4 is 9.47 Å². The molecule has 1 heterocycles. The molecule has 1 aromatic carbocycles. The Morgan fingerprint density at radius 1 is 0.958 bits per heavy atom. The standard InChI is InChI=1S/C14H13F6O3S/c1-8-6-10(24-4-2-9(21)3-5-24)7-11(22-13(15,16)17)12(8)23-14(18,19)20/h6-7H,2-5H2,1H3/q+1. The van der Waals surface area contributed by atoms with Crippen LogP contribution in [0.4, 0.5) is 26.3 Å². The molecule has 3 nitrogen and oxygen atoms in total. The fourth-order valence-electron chi connectivity index (χ4n) is 2.26. The van der Waals surface area contributed by atoms with Gasteiger partial charge in [-0.05, 0) is 6.92 Å². The van der Waals surface area contributed by atoms with E-state index in [1.807, 2.05) is 0 Å². The highest BCUT2D eigenvalue weighted by Gasteiger charge is 2.39. The quantitative estimate of drug-likeness (QED) is 0.589. The summed E-state index contributed by atoms with van der Waals surface area (Å²) >= 11 is 0. The van der Waals surface area contributed by atoms with Crippen LogP contribution >= 0.6 is 0 Å². The van der Waals surface area contributed by atoms with Gasteiger partial charge in [0.25, 0.3) is 0 Å². The lowest BCUT2D eigenvalue weighted by Crippen LogP contribution is -2.25. The number of benzene rings is 1. The van der Waals surface area contributed by atoms with Crippen LogP contribution in [0.3, 0.4) is 0 Å². The van der Waals surface area contributed by atoms with Gasteiger partial charge in [0, 0.05) is 28.6 Å². The van der Waals surface area contributed by atoms with E-state index in [1.54, 1.807) is 0 Å². The first kappa shape index (κ1) is 18.8. The molecule has 0 N–H and O–H groups in total. The zero-order chi connectivity index (χ0) is 18.1. The first-order valence-corrected chi connectivity index (χ1v) is 8.36. The third-order valence-corrected chi connectivity index (χ3v) is 5.54. The summed E-state index contributed by atoms with van der Waals surface area (Å²) in [6.07, 6.45) is -9.69. The summed E-state index contributed by atoms with van der Waals surface area (Å²) < 4.78 is 82.3. The number of ketones is 1. The van der Waals surface area contributed by atoms with Gasteiger partial charge in [0.05, 0.1) is 12.8 Å². The molecular formula is C14H13F6O3S+. The molecule has 0 unspecified atom stereocenters. The molecule has 0 bridgehead atoms. The molecule has 1 aliphatic heterocycles. The highest BCUT2D eigenvalue weighted by atomic mass is 32.2. The second-order valence-electron chi connectivity index (χ2n) is 5.10. The van der Waals surface area contributed by atoms with Crippen molar-refractivity contribution in [1.29, 1.82) is 0 Å². The van der Waals surface area contributed by atoms with Crippen molar-refractivity contribution in [3.63, 3.8) is 0 Å². The Labute approximate surface area is 136 Å². The van der Waals surface area contributed by atoms with Gasteiger partial charge < -0.3 is 9.47 Å². The van der Waals surface area contributed by atoms with E-state index in [9.17, 15) is 31.1 Å². The molecule has 0 aliphatic carbocycles. The molecule has 24 heavy (non-hydrogen) atoms. The summed E-state index contributed by atoms with van der Waals surface area (Å²) in [5.74, 6) is -1.05. The number of aryl methyl sites for hydroxylation is 1. The lowest BCUT2D eigenvalue weighted by Gasteiger charge is -2.19. The third kappa shape index (κ3) is 5.22. The lowest BCUT2D eigenvalue weighted by atomic mass is 10.2. The molecule has 1 aliphatic rings. The Hall–Kier alpha value is -1.58. The maximum absolute atomic E-state index is 12.5. The Morgan fingerprint density at radius 2 is 1.50 bits per heavy atom. The topological polar surface area (TPSA) is 35.5 Å². The van der Waals surface area contributed by atoms with Gasteiger partial charge in [-0.1, -0.05) is 0 Å². The molecule has 0 radical (unpaired) electrons. The summed E-state index contributed by atoms with van der Waals surface area (Å²) in [6.45, 7) is 1.21. The van der Waals surface area contributed by atoms with Crippen LogP contribution in [-0.4, -0.2) is 30.0 Å². The molecule has 2 rings (SSSR count). The normalized spacial score (nSPS) is 17.0. The Balaban J connectivity index is 2.39. The molecule has 0 saturated carbocycles. The number of rotatable bonds is 3. The first-order chi connectivity index (χ1) is 10.9. The largest absolute Gasteiger partial charge is 0.573 e. The monoisotopic (exact) mass is 375 g/mol. The van der Waals surface area contributed by atoms with Gasteiger partial charge in [0.15, 0.2) is 16.4 Å². The van der Waals surface area contributed by atoms with Crippen molar-refractivity contribution in [3.05, 3.63) is 17.7 Å². The van der Waals surface area contributed by atoms with Crippen LogP contribution in [0, 0.1) is 6.92 Å². The van der Waals surface area contributed by atoms with E-state index in [2.05, 4.69) is 9.47 Å². The molecule has 1 saturated heterocycles. The zero-order valence-corrected chi connectivity index (χ0v) is 13.2. The van der Waals surface area contributed by atoms with Gasteiger partial charge in [-0.3, -0.25) is 4.79 Å². The Kier molecular flexibility index (Phi) is 5.26. The Morgan fingerprint density at radius 3 is 2.00 bits per heavy atom. The van der Waals surface area contributed by atoms with Crippen molar-refractivity contribution in [2.75, 3.05) is 11.5 Å². The smallest absolute Gasteiger partial charge is 0.402 e. The number of carbonyl (C=O) groups is 1. The van der Waals surface area contributed by atoms with Crippen molar-refractivity contribution in [3.8, 4) is 11.5 Å². The average molecular weight is 375 g/mol. The van der Waals surface area contributed by atoms with E-state index in [4.69, 9.17) is 0 Å². The van der Waals surface area contributed by atoms with Crippen molar-refractivity contribution in [2.45, 2.75) is 37.4 Å². The highest BCUT2D eigenvalue weighted by molar-refractivity contribution is 7.97. The summed E-state index contributed by atoms with van der Waals surface area (Å²) in [5, 5.41) is 0. The fraction of sp³-hybridized carbons (Fsp3) is 0.500. The zero-order valence-electron chi connectivity index (χ0n) is 12.4. The van der Waals surface area contributed by atoms with Crippen molar-refractivity contribution in [1.82, 2.24) is 0 Å². The maximum atomic E-state index is 12.5. The van der Waals surface area contributed by atoms with Gasteiger partial charge in [-0.2, -0.15) is 0 Å². The molecular weight excluding hydrogens is 362 g/mol. The van der Waals surface area contributed by atoms with E-state index in [0.717, 1.165) is 6.07 Å². The molecule has 0 atom stereocenters. The molecule has 0 aromatic heterocycles. The van der Waals surface area contributed by atoms with Crippen LogP contribution in [0.2, 0.25) is 0 Å². The summed E-state index contributed by atoms with van der Waals surface area (Å²) in [4.78, 5) is 11.7. The minimum atomic E-state index is -5.15. The molecule has 1 aromatic rings. The number of ether oxygens (including phenoxy) is 2. The predicted octanol–water partition coefficient (Wildman–Crippen LogP) is 4.13. The van der Waals surface area contributed by atoms with E-state index in [0.29, 0.717) is 29.2 Å². The maximum Gasteiger partial charge on any atom is 0.573 e. The average Bonchev–Trinajstić information content (AvgIpc) is 2.40. The summed E-state index contributed by atoms with van der Waals surface area (Å²) in [6, 6.07) is 2.27. The van der Waals surface area contributed by atoms with Crippen LogP contribution in [0.1, 0.15) is 18.4 Å². The molecule has 0 amide bonds. The Bertz CT molecular complexity index is 616. The van der Waals surface area contributed by atoms with Gasteiger partial charge in [0.2, 0.25) is 0 Å². The van der Waals surface area contributed by atoms with E-state index in [1.165, 1.54) is 13.0 Å². The van der Waals surface area contributed by atoms with Gasteiger partial charge in [0.1, 0.15) is 17.3 Å². The fourth-order valence-corrected chi connectivity index (χ4v) is 4.50. The second kappa shape index (κ2) is 6.73. The predicted molar refractivity (Wildman–Crippen MR) is 74.2 cm³/mol. The number of alkyl halides is 6. The van der Waals surface area contributed by atoms with Gasteiger partial charge in [-0.25, -0.2) is 0 Å². The van der Waals surface area contributed by atoms with Crippen LogP contribution in [0.15, 0.2) is 17.0 Å². The van der Waals surface area contributed by atoms with E-state index < -0.39 is 35.1 Å². The van der Waals surface area contributed by atoms with Crippen molar-refractivity contribution < 1.29 is 40.6 Å². The molecule has 1 fully saturated rings. The molecule has 134 valence electrons. The van der Waals surface area contributed by atoms with E-state index >= 15 is 0 Å². The number of hydrogen-bond donors (Lipinski definition) is 0. The minimum absolute atomic E-state index is 0.0688. The molecule has 10 heteroatoms. The van der Waals surface area contributed by atoms with Crippen molar-refractivity contribution in [2.24, 2.45) is 0 Å². The van der Waals surface area contributed by atoms with Gasteiger partial charge >= 0.3 is 12.7 Å². The SMILES string of the molecule is Cc1cc([S+]2CCC(=O)CC2)cc(OC(F)(F)F)c1OC(F)(F)F. The first-order valence-electron chi connectivity index (χ1n) is 6.80. The third-order valence-electron chi connectivity index (χ3n) is 3.25. The highest BCUT2D eigenvalue weighted by Crippen LogP contribution is 2.41. The number of carbonyl (C=O) groups excluding carboxylic acids is 1. The van der Waals surface area contributed by atoms with E-state index in [-0.39, 0.29) is 11.3 Å². The number of halogens is 6. The minimum Gasteiger partial charge on any atom is -0.402 e. The second-order valence-corrected chi connectivity index (χ2v) is 7.38. The van der Waals surface area contributed by atoms with Crippen LogP contribution in [0.25, 0.3) is 0 Å². The number of hydrogen-bond acceptors (Lipinski definition) is 3. The lowest BCUT2D eigenvalue weighted by molar-refractivity contribution is -0.287. The molecule has 0 spiro atoms.